The fraction of sp³-hybridized carbons (Fsp3) is 0.304. The second-order valence-corrected chi connectivity index (χ2v) is 9.53. The second-order valence-electron chi connectivity index (χ2n) is 7.62. The Hall–Kier alpha value is -3.13. The number of sulfonamides is 1. The summed E-state index contributed by atoms with van der Waals surface area (Å²) in [5.41, 5.74) is 4.76. The molecule has 0 saturated heterocycles. The van der Waals surface area contributed by atoms with Crippen LogP contribution >= 0.6 is 0 Å². The Kier molecular flexibility index (Phi) is 7.12. The molecule has 1 N–H and O–H groups in total. The van der Waals surface area contributed by atoms with Crippen molar-refractivity contribution in [1.82, 2.24) is 14.9 Å². The van der Waals surface area contributed by atoms with Crippen LogP contribution in [0.25, 0.3) is 5.69 Å². The molecule has 8 heteroatoms. The highest BCUT2D eigenvalue weighted by molar-refractivity contribution is 7.92. The van der Waals surface area contributed by atoms with Crippen molar-refractivity contribution in [2.24, 2.45) is 0 Å². The monoisotopic (exact) mass is 440 g/mol. The standard InChI is InChI=1S/C23H28N4O3S/c1-18-6-9-22(15-19(18)2)27(31(3,29)30)13-4-5-23(28)25-16-20-7-10-21(11-8-20)26-14-12-24-17-26/h6-12,14-15,17H,4-5,13,16H2,1-3H3,(H,25,28). The van der Waals surface area contributed by atoms with Crippen molar-refractivity contribution in [1.29, 1.82) is 0 Å². The van der Waals surface area contributed by atoms with Crippen LogP contribution in [0.5, 0.6) is 0 Å². The molecule has 0 atom stereocenters. The van der Waals surface area contributed by atoms with E-state index in [1.165, 1.54) is 10.6 Å². The van der Waals surface area contributed by atoms with E-state index in [2.05, 4.69) is 10.3 Å². The number of hydrogen-bond acceptors (Lipinski definition) is 4. The van der Waals surface area contributed by atoms with E-state index in [-0.39, 0.29) is 18.9 Å². The Morgan fingerprint density at radius 1 is 1.10 bits per heavy atom. The molecular formula is C23H28N4O3S. The SMILES string of the molecule is Cc1ccc(N(CCCC(=O)NCc2ccc(-n3ccnc3)cc2)S(C)(=O)=O)cc1C. The first-order chi connectivity index (χ1) is 14.7. The third kappa shape index (κ3) is 6.18. The number of nitrogens with zero attached hydrogens (tertiary/aromatic N) is 3. The minimum absolute atomic E-state index is 0.104. The quantitative estimate of drug-likeness (QED) is 0.553. The minimum atomic E-state index is -3.43. The average Bonchev–Trinajstić information content (AvgIpc) is 3.26. The summed E-state index contributed by atoms with van der Waals surface area (Å²) in [5.74, 6) is -0.104. The molecule has 0 bridgehead atoms. The zero-order valence-electron chi connectivity index (χ0n) is 18.1. The number of rotatable bonds is 9. The van der Waals surface area contributed by atoms with Crippen LogP contribution in [0.4, 0.5) is 5.69 Å². The van der Waals surface area contributed by atoms with Gasteiger partial charge in [-0.2, -0.15) is 0 Å². The normalized spacial score (nSPS) is 11.3. The van der Waals surface area contributed by atoms with E-state index in [4.69, 9.17) is 0 Å². The number of hydrogen-bond donors (Lipinski definition) is 1. The topological polar surface area (TPSA) is 84.3 Å². The Bertz CT molecular complexity index is 1120. The van der Waals surface area contributed by atoms with Crippen molar-refractivity contribution in [2.45, 2.75) is 33.2 Å². The highest BCUT2D eigenvalue weighted by atomic mass is 32.2. The maximum atomic E-state index is 12.2. The van der Waals surface area contributed by atoms with Crippen LogP contribution in [-0.4, -0.2) is 36.7 Å². The number of carbonyl (C=O) groups is 1. The van der Waals surface area contributed by atoms with Crippen LogP contribution in [-0.2, 0) is 21.4 Å². The molecule has 0 saturated carbocycles. The molecule has 31 heavy (non-hydrogen) atoms. The average molecular weight is 441 g/mol. The first-order valence-corrected chi connectivity index (χ1v) is 12.0. The molecule has 164 valence electrons. The molecule has 1 heterocycles. The van der Waals surface area contributed by atoms with Gasteiger partial charge in [-0.3, -0.25) is 9.10 Å². The van der Waals surface area contributed by atoms with E-state index in [1.54, 1.807) is 18.6 Å². The molecule has 7 nitrogen and oxygen atoms in total. The van der Waals surface area contributed by atoms with Gasteiger partial charge in [0, 0.05) is 37.6 Å². The Balaban J connectivity index is 1.50. The van der Waals surface area contributed by atoms with Crippen molar-refractivity contribution in [3.63, 3.8) is 0 Å². The summed E-state index contributed by atoms with van der Waals surface area (Å²) < 4.78 is 27.8. The van der Waals surface area contributed by atoms with Gasteiger partial charge < -0.3 is 9.88 Å². The Morgan fingerprint density at radius 3 is 2.45 bits per heavy atom. The summed E-state index contributed by atoms with van der Waals surface area (Å²) >= 11 is 0. The summed E-state index contributed by atoms with van der Waals surface area (Å²) in [6, 6.07) is 13.4. The Morgan fingerprint density at radius 2 is 1.84 bits per heavy atom. The lowest BCUT2D eigenvalue weighted by molar-refractivity contribution is -0.121. The lowest BCUT2D eigenvalue weighted by atomic mass is 10.1. The number of nitrogens with one attached hydrogen (secondary N) is 1. The van der Waals surface area contributed by atoms with Gasteiger partial charge in [0.15, 0.2) is 0 Å². The van der Waals surface area contributed by atoms with Crippen molar-refractivity contribution < 1.29 is 13.2 Å². The lowest BCUT2D eigenvalue weighted by Crippen LogP contribution is -2.32. The molecular weight excluding hydrogens is 412 g/mol. The van der Waals surface area contributed by atoms with Crippen molar-refractivity contribution in [3.8, 4) is 5.69 Å². The van der Waals surface area contributed by atoms with E-state index in [9.17, 15) is 13.2 Å². The van der Waals surface area contributed by atoms with Gasteiger partial charge in [0.25, 0.3) is 0 Å². The van der Waals surface area contributed by atoms with Gasteiger partial charge in [-0.05, 0) is 61.2 Å². The number of benzene rings is 2. The van der Waals surface area contributed by atoms with Gasteiger partial charge in [-0.15, -0.1) is 0 Å². The van der Waals surface area contributed by atoms with E-state index >= 15 is 0 Å². The van der Waals surface area contributed by atoms with Crippen LogP contribution in [0.1, 0.15) is 29.5 Å². The summed E-state index contributed by atoms with van der Waals surface area (Å²) in [5, 5.41) is 2.90. The van der Waals surface area contributed by atoms with Crippen molar-refractivity contribution in [3.05, 3.63) is 77.9 Å². The fourth-order valence-electron chi connectivity index (χ4n) is 3.24. The van der Waals surface area contributed by atoms with Crippen LogP contribution in [0, 0.1) is 13.8 Å². The van der Waals surface area contributed by atoms with Gasteiger partial charge in [0.05, 0.1) is 18.3 Å². The number of imidazole rings is 1. The first-order valence-electron chi connectivity index (χ1n) is 10.1. The maximum absolute atomic E-state index is 12.2. The lowest BCUT2D eigenvalue weighted by Gasteiger charge is -2.23. The predicted octanol–water partition coefficient (Wildman–Crippen LogP) is 3.35. The third-order valence-corrected chi connectivity index (χ3v) is 6.37. The zero-order valence-corrected chi connectivity index (χ0v) is 18.9. The highest BCUT2D eigenvalue weighted by Crippen LogP contribution is 2.21. The highest BCUT2D eigenvalue weighted by Gasteiger charge is 2.18. The first kappa shape index (κ1) is 22.6. The van der Waals surface area contributed by atoms with Gasteiger partial charge in [-0.25, -0.2) is 13.4 Å². The van der Waals surface area contributed by atoms with Gasteiger partial charge >= 0.3 is 0 Å². The molecule has 3 aromatic rings. The number of anilines is 1. The molecule has 0 aliphatic heterocycles. The molecule has 1 amide bonds. The smallest absolute Gasteiger partial charge is 0.232 e. The molecule has 2 aromatic carbocycles. The van der Waals surface area contributed by atoms with Gasteiger partial charge in [0.2, 0.25) is 15.9 Å². The van der Waals surface area contributed by atoms with Crippen LogP contribution in [0.2, 0.25) is 0 Å². The van der Waals surface area contributed by atoms with Gasteiger partial charge in [-0.1, -0.05) is 18.2 Å². The zero-order chi connectivity index (χ0) is 22.4. The van der Waals surface area contributed by atoms with E-state index < -0.39 is 10.0 Å². The van der Waals surface area contributed by atoms with Crippen molar-refractivity contribution >= 4 is 21.6 Å². The molecule has 0 spiro atoms. The van der Waals surface area contributed by atoms with E-state index in [0.717, 1.165) is 22.4 Å². The molecule has 3 rings (SSSR count). The fourth-order valence-corrected chi connectivity index (χ4v) is 4.19. The molecule has 0 fully saturated rings. The Labute approximate surface area is 183 Å². The molecule has 0 aliphatic rings. The largest absolute Gasteiger partial charge is 0.352 e. The van der Waals surface area contributed by atoms with E-state index in [0.29, 0.717) is 18.7 Å². The summed E-state index contributed by atoms with van der Waals surface area (Å²) in [7, 11) is -3.43. The van der Waals surface area contributed by atoms with Gasteiger partial charge in [0.1, 0.15) is 0 Å². The summed E-state index contributed by atoms with van der Waals surface area (Å²) in [6.07, 6.45) is 7.20. The maximum Gasteiger partial charge on any atom is 0.232 e. The molecule has 0 radical (unpaired) electrons. The number of aromatic nitrogens is 2. The van der Waals surface area contributed by atoms with E-state index in [1.807, 2.05) is 61.0 Å². The van der Waals surface area contributed by atoms with Crippen molar-refractivity contribution in [2.75, 3.05) is 17.1 Å². The third-order valence-electron chi connectivity index (χ3n) is 5.17. The summed E-state index contributed by atoms with van der Waals surface area (Å²) in [4.78, 5) is 16.3. The minimum Gasteiger partial charge on any atom is -0.352 e. The molecule has 1 aromatic heterocycles. The number of amides is 1. The second kappa shape index (κ2) is 9.78. The predicted molar refractivity (Wildman–Crippen MR) is 123 cm³/mol. The summed E-state index contributed by atoms with van der Waals surface area (Å²) in [6.45, 7) is 4.62. The number of carbonyl (C=O) groups excluding carboxylic acids is 1. The van der Waals surface area contributed by atoms with Crippen LogP contribution in [0.15, 0.2) is 61.2 Å². The molecule has 0 aliphatic carbocycles. The van der Waals surface area contributed by atoms with Crippen LogP contribution in [0.3, 0.4) is 0 Å². The molecule has 0 unspecified atom stereocenters. The number of aryl methyl sites for hydroxylation is 2. The van der Waals surface area contributed by atoms with Crippen LogP contribution < -0.4 is 9.62 Å².